The minimum Gasteiger partial charge on any atom is -0.484 e. The lowest BCUT2D eigenvalue weighted by atomic mass is 10.2. The SMILES string of the molecule is CCn1ncc(Cn2cc(NC(=O)c3ccc(COc4ccc(F)cc4Cl)o3)cn2)c1C. The van der Waals surface area contributed by atoms with Crippen molar-refractivity contribution in [2.45, 2.75) is 33.5 Å². The molecule has 4 rings (SSSR count). The molecule has 4 aromatic rings. The van der Waals surface area contributed by atoms with Crippen molar-refractivity contribution in [2.24, 2.45) is 0 Å². The maximum absolute atomic E-state index is 13.1. The highest BCUT2D eigenvalue weighted by molar-refractivity contribution is 6.32. The number of aromatic nitrogens is 4. The first-order chi connectivity index (χ1) is 15.4. The molecule has 0 aliphatic rings. The number of nitrogens with one attached hydrogen (secondary N) is 1. The van der Waals surface area contributed by atoms with Crippen molar-refractivity contribution in [3.8, 4) is 5.75 Å². The van der Waals surface area contributed by atoms with Gasteiger partial charge in [0, 0.05) is 24.0 Å². The Labute approximate surface area is 188 Å². The molecule has 0 radical (unpaired) electrons. The van der Waals surface area contributed by atoms with E-state index in [1.165, 1.54) is 12.1 Å². The molecule has 0 fully saturated rings. The van der Waals surface area contributed by atoms with Crippen molar-refractivity contribution < 1.29 is 18.3 Å². The lowest BCUT2D eigenvalue weighted by Gasteiger charge is -2.06. The van der Waals surface area contributed by atoms with Crippen molar-refractivity contribution in [2.75, 3.05) is 5.32 Å². The molecule has 3 heterocycles. The second kappa shape index (κ2) is 9.27. The van der Waals surface area contributed by atoms with Crippen LogP contribution in [0.3, 0.4) is 0 Å². The van der Waals surface area contributed by atoms with Crippen LogP contribution in [0.1, 0.15) is 34.5 Å². The topological polar surface area (TPSA) is 87.1 Å². The number of ether oxygens (including phenoxy) is 1. The smallest absolute Gasteiger partial charge is 0.291 e. The van der Waals surface area contributed by atoms with Crippen LogP contribution in [0.5, 0.6) is 5.75 Å². The fourth-order valence-electron chi connectivity index (χ4n) is 3.16. The van der Waals surface area contributed by atoms with E-state index in [0.717, 1.165) is 23.9 Å². The zero-order valence-electron chi connectivity index (χ0n) is 17.5. The van der Waals surface area contributed by atoms with Crippen molar-refractivity contribution in [1.29, 1.82) is 0 Å². The average molecular weight is 458 g/mol. The van der Waals surface area contributed by atoms with Crippen molar-refractivity contribution in [3.05, 3.63) is 82.5 Å². The quantitative estimate of drug-likeness (QED) is 0.415. The van der Waals surface area contributed by atoms with Gasteiger partial charge in [-0.1, -0.05) is 11.6 Å². The molecule has 0 atom stereocenters. The van der Waals surface area contributed by atoms with Gasteiger partial charge in [0.15, 0.2) is 5.76 Å². The summed E-state index contributed by atoms with van der Waals surface area (Å²) in [6.07, 6.45) is 5.13. The minimum absolute atomic E-state index is 0.0430. The highest BCUT2D eigenvalue weighted by atomic mass is 35.5. The first-order valence-electron chi connectivity index (χ1n) is 9.94. The molecular formula is C22H21ClFN5O3. The molecule has 1 N–H and O–H groups in total. The fourth-order valence-corrected chi connectivity index (χ4v) is 3.38. The Bertz CT molecular complexity index is 1250. The Kier molecular flexibility index (Phi) is 6.27. The molecule has 0 aliphatic carbocycles. The van der Waals surface area contributed by atoms with Crippen LogP contribution in [0.15, 0.2) is 53.3 Å². The van der Waals surface area contributed by atoms with E-state index in [0.29, 0.717) is 23.7 Å². The Morgan fingerprint density at radius 2 is 2.09 bits per heavy atom. The van der Waals surface area contributed by atoms with Gasteiger partial charge in [-0.3, -0.25) is 14.2 Å². The van der Waals surface area contributed by atoms with E-state index in [-0.39, 0.29) is 17.4 Å². The summed E-state index contributed by atoms with van der Waals surface area (Å²) >= 11 is 5.94. The summed E-state index contributed by atoms with van der Waals surface area (Å²) in [4.78, 5) is 12.5. The summed E-state index contributed by atoms with van der Waals surface area (Å²) in [5.41, 5.74) is 2.69. The molecule has 32 heavy (non-hydrogen) atoms. The number of anilines is 1. The summed E-state index contributed by atoms with van der Waals surface area (Å²) in [5.74, 6) is 0.0123. The molecular weight excluding hydrogens is 437 g/mol. The first-order valence-corrected chi connectivity index (χ1v) is 10.3. The lowest BCUT2D eigenvalue weighted by molar-refractivity contribution is 0.0992. The zero-order valence-corrected chi connectivity index (χ0v) is 18.3. The molecule has 1 amide bonds. The van der Waals surface area contributed by atoms with Crippen molar-refractivity contribution in [1.82, 2.24) is 19.6 Å². The Morgan fingerprint density at radius 1 is 1.25 bits per heavy atom. The fraction of sp³-hybridized carbons (Fsp3) is 0.227. The number of carbonyl (C=O) groups is 1. The average Bonchev–Trinajstić information content (AvgIpc) is 3.49. The Balaban J connectivity index is 1.34. The van der Waals surface area contributed by atoms with Gasteiger partial charge in [0.25, 0.3) is 5.91 Å². The Morgan fingerprint density at radius 3 is 2.84 bits per heavy atom. The van der Waals surface area contributed by atoms with Crippen LogP contribution in [0.2, 0.25) is 5.02 Å². The monoisotopic (exact) mass is 457 g/mol. The summed E-state index contributed by atoms with van der Waals surface area (Å²) in [6.45, 7) is 5.45. The van der Waals surface area contributed by atoms with Gasteiger partial charge in [-0.15, -0.1) is 0 Å². The number of carbonyl (C=O) groups excluding carboxylic acids is 1. The van der Waals surface area contributed by atoms with Crippen LogP contribution in [0, 0.1) is 12.7 Å². The van der Waals surface area contributed by atoms with Crippen LogP contribution >= 0.6 is 11.6 Å². The summed E-state index contributed by atoms with van der Waals surface area (Å²) in [7, 11) is 0. The third kappa shape index (κ3) is 4.83. The molecule has 166 valence electrons. The summed E-state index contributed by atoms with van der Waals surface area (Å²) in [5, 5.41) is 11.5. The normalized spacial score (nSPS) is 11.0. The van der Waals surface area contributed by atoms with Crippen LogP contribution in [0.4, 0.5) is 10.1 Å². The van der Waals surface area contributed by atoms with Crippen LogP contribution in [-0.4, -0.2) is 25.5 Å². The molecule has 0 unspecified atom stereocenters. The summed E-state index contributed by atoms with van der Waals surface area (Å²) < 4.78 is 27.8. The third-order valence-corrected chi connectivity index (χ3v) is 5.17. The van der Waals surface area contributed by atoms with E-state index in [9.17, 15) is 9.18 Å². The number of benzene rings is 1. The lowest BCUT2D eigenvalue weighted by Crippen LogP contribution is -2.10. The number of aryl methyl sites for hydroxylation is 1. The number of hydrogen-bond donors (Lipinski definition) is 1. The minimum atomic E-state index is -0.450. The first kappa shape index (κ1) is 21.6. The van der Waals surface area contributed by atoms with E-state index in [1.807, 2.05) is 24.7 Å². The van der Waals surface area contributed by atoms with E-state index >= 15 is 0 Å². The van der Waals surface area contributed by atoms with Gasteiger partial charge >= 0.3 is 0 Å². The molecule has 8 nitrogen and oxygen atoms in total. The van der Waals surface area contributed by atoms with Gasteiger partial charge in [0.1, 0.15) is 23.9 Å². The van der Waals surface area contributed by atoms with Gasteiger partial charge in [-0.25, -0.2) is 4.39 Å². The largest absolute Gasteiger partial charge is 0.484 e. The molecule has 0 saturated heterocycles. The number of rotatable bonds is 8. The highest BCUT2D eigenvalue weighted by Gasteiger charge is 2.14. The van der Waals surface area contributed by atoms with Gasteiger partial charge < -0.3 is 14.5 Å². The molecule has 10 heteroatoms. The molecule has 3 aromatic heterocycles. The van der Waals surface area contributed by atoms with Gasteiger partial charge in [0.2, 0.25) is 0 Å². The third-order valence-electron chi connectivity index (χ3n) is 4.88. The van der Waals surface area contributed by atoms with Gasteiger partial charge in [-0.2, -0.15) is 10.2 Å². The number of halogens is 2. The van der Waals surface area contributed by atoms with E-state index in [1.54, 1.807) is 29.2 Å². The predicted octanol–water partition coefficient (Wildman–Crippen LogP) is 4.67. The van der Waals surface area contributed by atoms with Gasteiger partial charge in [-0.05, 0) is 44.2 Å². The molecule has 0 bridgehead atoms. The maximum atomic E-state index is 13.1. The second-order valence-electron chi connectivity index (χ2n) is 7.08. The number of amides is 1. The molecule has 0 spiro atoms. The second-order valence-corrected chi connectivity index (χ2v) is 7.49. The molecule has 1 aromatic carbocycles. The Hall–Kier alpha value is -3.59. The van der Waals surface area contributed by atoms with E-state index < -0.39 is 11.7 Å². The van der Waals surface area contributed by atoms with Crippen LogP contribution in [0.25, 0.3) is 0 Å². The maximum Gasteiger partial charge on any atom is 0.291 e. The van der Waals surface area contributed by atoms with Crippen LogP contribution < -0.4 is 10.1 Å². The number of furan rings is 1. The van der Waals surface area contributed by atoms with Crippen LogP contribution in [-0.2, 0) is 19.7 Å². The van der Waals surface area contributed by atoms with E-state index in [2.05, 4.69) is 15.5 Å². The molecule has 0 saturated carbocycles. The summed E-state index contributed by atoms with van der Waals surface area (Å²) in [6, 6.07) is 7.02. The predicted molar refractivity (Wildman–Crippen MR) is 116 cm³/mol. The van der Waals surface area contributed by atoms with Crippen molar-refractivity contribution >= 4 is 23.2 Å². The standard InChI is InChI=1S/C22H21ClFN5O3/c1-3-29-14(2)15(9-26-29)11-28-12-17(10-25-28)27-22(30)21-7-5-18(32-21)13-31-20-6-4-16(24)8-19(20)23/h4-10,12H,3,11,13H2,1-2H3,(H,27,30). The number of nitrogens with zero attached hydrogens (tertiary/aromatic N) is 4. The molecule has 0 aliphatic heterocycles. The highest BCUT2D eigenvalue weighted by Crippen LogP contribution is 2.26. The van der Waals surface area contributed by atoms with Crippen molar-refractivity contribution in [3.63, 3.8) is 0 Å². The zero-order chi connectivity index (χ0) is 22.7. The number of hydrogen-bond acceptors (Lipinski definition) is 5. The van der Waals surface area contributed by atoms with Gasteiger partial charge in [0.05, 0.1) is 29.6 Å². The van der Waals surface area contributed by atoms with E-state index in [4.69, 9.17) is 20.8 Å².